The molecule has 2 aromatic heterocycles. The van der Waals surface area contributed by atoms with Crippen LogP contribution in [0.5, 0.6) is 0 Å². The summed E-state index contributed by atoms with van der Waals surface area (Å²) in [6, 6.07) is 12.8. The van der Waals surface area contributed by atoms with E-state index >= 15 is 0 Å². The van der Waals surface area contributed by atoms with E-state index in [9.17, 15) is 0 Å². The number of aryl methyl sites for hydroxylation is 2. The lowest BCUT2D eigenvalue weighted by atomic mass is 10.1. The third-order valence-corrected chi connectivity index (χ3v) is 5.24. The molecule has 2 nitrogen and oxygen atoms in total. The first kappa shape index (κ1) is 13.6. The zero-order chi connectivity index (χ0) is 15.1. The lowest BCUT2D eigenvalue weighted by molar-refractivity contribution is 1.30. The van der Waals surface area contributed by atoms with Crippen molar-refractivity contribution < 1.29 is 0 Å². The van der Waals surface area contributed by atoms with Crippen LogP contribution >= 0.6 is 22.7 Å². The van der Waals surface area contributed by atoms with Crippen molar-refractivity contribution in [2.24, 2.45) is 0 Å². The van der Waals surface area contributed by atoms with Gasteiger partial charge < -0.3 is 0 Å². The van der Waals surface area contributed by atoms with Gasteiger partial charge in [0.25, 0.3) is 0 Å². The summed E-state index contributed by atoms with van der Waals surface area (Å²) in [4.78, 5) is 9.33. The molecule has 4 rings (SSSR count). The minimum Gasteiger partial charge on any atom is -0.242 e. The molecule has 0 fully saturated rings. The summed E-state index contributed by atoms with van der Waals surface area (Å²) in [5.74, 6) is 0. The van der Waals surface area contributed by atoms with E-state index in [1.807, 2.05) is 13.8 Å². The molecule has 2 aliphatic carbocycles. The standard InChI is InChI=1S/C18H14N2S2/c1-11-19-17(9-21-11)15-8-16(18-10-22-12(2)20-18)14-7-5-3-4-6-13(14)15/h3-10H,1-2H3. The molecule has 22 heavy (non-hydrogen) atoms. The molecular weight excluding hydrogens is 308 g/mol. The molecule has 0 saturated carbocycles. The zero-order valence-corrected chi connectivity index (χ0v) is 14.0. The summed E-state index contributed by atoms with van der Waals surface area (Å²) in [7, 11) is 0. The molecule has 0 unspecified atom stereocenters. The van der Waals surface area contributed by atoms with E-state index in [4.69, 9.17) is 0 Å². The van der Waals surface area contributed by atoms with Gasteiger partial charge in [0.05, 0.1) is 21.4 Å². The van der Waals surface area contributed by atoms with Gasteiger partial charge in [0.15, 0.2) is 0 Å². The van der Waals surface area contributed by atoms with Gasteiger partial charge in [-0.3, -0.25) is 0 Å². The van der Waals surface area contributed by atoms with Crippen molar-refractivity contribution in [1.82, 2.24) is 9.97 Å². The molecule has 0 saturated heterocycles. The van der Waals surface area contributed by atoms with Crippen LogP contribution in [0, 0.1) is 13.8 Å². The Morgan fingerprint density at radius 1 is 0.682 bits per heavy atom. The first-order chi connectivity index (χ1) is 10.7. The Kier molecular flexibility index (Phi) is 3.28. The Bertz CT molecular complexity index is 848. The molecule has 0 N–H and O–H groups in total. The van der Waals surface area contributed by atoms with E-state index < -0.39 is 0 Å². The number of hydrogen-bond acceptors (Lipinski definition) is 4. The average molecular weight is 322 g/mol. The maximum absolute atomic E-state index is 4.66. The normalized spacial score (nSPS) is 11.2. The topological polar surface area (TPSA) is 25.8 Å². The second-order valence-corrected chi connectivity index (χ2v) is 7.34. The van der Waals surface area contributed by atoms with E-state index in [2.05, 4.69) is 57.1 Å². The number of nitrogens with zero attached hydrogens (tertiary/aromatic N) is 2. The molecule has 0 radical (unpaired) electrons. The highest BCUT2D eigenvalue weighted by Crippen LogP contribution is 2.43. The predicted octanol–water partition coefficient (Wildman–Crippen LogP) is 5.66. The van der Waals surface area contributed by atoms with Gasteiger partial charge >= 0.3 is 0 Å². The lowest BCUT2D eigenvalue weighted by Crippen LogP contribution is -1.78. The molecule has 0 aliphatic heterocycles. The second-order valence-electron chi connectivity index (χ2n) is 5.21. The summed E-state index contributed by atoms with van der Waals surface area (Å²) >= 11 is 3.38. The van der Waals surface area contributed by atoms with Crippen LogP contribution in [-0.4, -0.2) is 9.97 Å². The molecule has 2 heterocycles. The van der Waals surface area contributed by atoms with Gasteiger partial charge in [-0.25, -0.2) is 9.97 Å². The summed E-state index contributed by atoms with van der Waals surface area (Å²) in [6.07, 6.45) is 0. The van der Waals surface area contributed by atoms with Gasteiger partial charge in [-0.15, -0.1) is 22.7 Å². The summed E-state index contributed by atoms with van der Waals surface area (Å²) in [5, 5.41) is 6.45. The fraction of sp³-hybridized carbons (Fsp3) is 0.111. The van der Waals surface area contributed by atoms with Gasteiger partial charge in [0.2, 0.25) is 0 Å². The molecule has 0 bridgehead atoms. The fourth-order valence-electron chi connectivity index (χ4n) is 2.71. The molecule has 0 atom stereocenters. The largest absolute Gasteiger partial charge is 0.242 e. The fourth-order valence-corrected chi connectivity index (χ4v) is 3.94. The number of rotatable bonds is 2. The van der Waals surface area contributed by atoms with Crippen LogP contribution in [0.2, 0.25) is 0 Å². The van der Waals surface area contributed by atoms with Crippen LogP contribution in [-0.2, 0) is 0 Å². The molecule has 2 aliphatic rings. The van der Waals surface area contributed by atoms with Crippen LogP contribution in [0.4, 0.5) is 0 Å². The van der Waals surface area contributed by atoms with Crippen molar-refractivity contribution in [3.05, 3.63) is 57.2 Å². The van der Waals surface area contributed by atoms with Crippen molar-refractivity contribution in [1.29, 1.82) is 0 Å². The Labute approximate surface area is 137 Å². The number of fused-ring (bicyclic) bond motifs is 1. The van der Waals surface area contributed by atoms with Gasteiger partial charge in [-0.2, -0.15) is 0 Å². The minimum absolute atomic E-state index is 1.05. The molecule has 0 spiro atoms. The molecular formula is C18H14N2S2. The van der Waals surface area contributed by atoms with E-state index in [0.717, 1.165) is 21.4 Å². The van der Waals surface area contributed by atoms with Crippen molar-refractivity contribution >= 4 is 22.7 Å². The Hall–Kier alpha value is -2.04. The van der Waals surface area contributed by atoms with E-state index in [0.29, 0.717) is 0 Å². The van der Waals surface area contributed by atoms with Crippen LogP contribution in [0.1, 0.15) is 10.0 Å². The summed E-state index contributed by atoms with van der Waals surface area (Å²) in [5.41, 5.74) is 6.95. The smallest absolute Gasteiger partial charge is 0.0901 e. The van der Waals surface area contributed by atoms with Gasteiger partial charge in [-0.05, 0) is 31.0 Å². The van der Waals surface area contributed by atoms with Crippen molar-refractivity contribution in [3.8, 4) is 33.6 Å². The molecule has 2 aromatic rings. The SMILES string of the molecule is Cc1nc(-c2cc(-c3csc(C)n3)c3cccccc2-3)cs1. The zero-order valence-electron chi connectivity index (χ0n) is 12.3. The van der Waals surface area contributed by atoms with E-state index in [-0.39, 0.29) is 0 Å². The lowest BCUT2D eigenvalue weighted by Gasteiger charge is -1.99. The predicted molar refractivity (Wildman–Crippen MR) is 94.8 cm³/mol. The average Bonchev–Trinajstić information content (AvgIpc) is 3.14. The van der Waals surface area contributed by atoms with E-state index in [1.165, 1.54) is 22.3 Å². The highest BCUT2D eigenvalue weighted by molar-refractivity contribution is 7.10. The molecule has 4 heteroatoms. The Morgan fingerprint density at radius 3 is 1.59 bits per heavy atom. The number of hydrogen-bond donors (Lipinski definition) is 0. The van der Waals surface area contributed by atoms with Gasteiger partial charge in [0, 0.05) is 21.9 Å². The maximum atomic E-state index is 4.66. The van der Waals surface area contributed by atoms with E-state index in [1.54, 1.807) is 22.7 Å². The third-order valence-electron chi connectivity index (χ3n) is 3.70. The van der Waals surface area contributed by atoms with Gasteiger partial charge in [0.1, 0.15) is 0 Å². The molecule has 0 aromatic carbocycles. The summed E-state index contributed by atoms with van der Waals surface area (Å²) in [6.45, 7) is 4.09. The second kappa shape index (κ2) is 5.30. The minimum atomic E-state index is 1.05. The summed E-state index contributed by atoms with van der Waals surface area (Å²) < 4.78 is 0. The Morgan fingerprint density at radius 2 is 1.18 bits per heavy atom. The van der Waals surface area contributed by atoms with Crippen molar-refractivity contribution in [2.75, 3.05) is 0 Å². The van der Waals surface area contributed by atoms with Crippen LogP contribution in [0.15, 0.2) is 47.2 Å². The number of aromatic nitrogens is 2. The molecule has 0 amide bonds. The van der Waals surface area contributed by atoms with Crippen LogP contribution in [0.25, 0.3) is 33.6 Å². The quantitative estimate of drug-likeness (QED) is 0.476. The third kappa shape index (κ3) is 2.25. The van der Waals surface area contributed by atoms with Crippen LogP contribution in [0.3, 0.4) is 0 Å². The first-order valence-electron chi connectivity index (χ1n) is 7.09. The van der Waals surface area contributed by atoms with Crippen molar-refractivity contribution in [2.45, 2.75) is 13.8 Å². The molecule has 108 valence electrons. The first-order valence-corrected chi connectivity index (χ1v) is 8.85. The van der Waals surface area contributed by atoms with Gasteiger partial charge in [-0.1, -0.05) is 30.3 Å². The maximum Gasteiger partial charge on any atom is 0.0901 e. The van der Waals surface area contributed by atoms with Crippen LogP contribution < -0.4 is 0 Å². The Balaban J connectivity index is 1.99. The van der Waals surface area contributed by atoms with Crippen molar-refractivity contribution in [3.63, 3.8) is 0 Å². The number of thiazole rings is 2. The monoisotopic (exact) mass is 322 g/mol. The highest BCUT2D eigenvalue weighted by atomic mass is 32.1. The highest BCUT2D eigenvalue weighted by Gasteiger charge is 2.19.